The third-order valence-corrected chi connectivity index (χ3v) is 2.33. The van der Waals surface area contributed by atoms with E-state index in [1.807, 2.05) is 0 Å². The van der Waals surface area contributed by atoms with Gasteiger partial charge in [0.2, 0.25) is 5.91 Å². The van der Waals surface area contributed by atoms with Gasteiger partial charge < -0.3 is 0 Å². The van der Waals surface area contributed by atoms with E-state index in [1.54, 1.807) is 0 Å². The molecule has 0 aromatic carbocycles. The van der Waals surface area contributed by atoms with E-state index < -0.39 is 0 Å². The molecule has 1 N–H and O–H groups in total. The SMILES string of the molecule is CC(=O)NN=C(C1CC1)C1CC1. The minimum absolute atomic E-state index is 0.0613. The standard InChI is InChI=1S/C9H14N2O/c1-6(12)10-11-9(7-2-3-7)8-4-5-8/h7-8H,2-5H2,1H3,(H,10,12). The maximum Gasteiger partial charge on any atom is 0.236 e. The molecule has 0 atom stereocenters. The number of amides is 1. The van der Waals surface area contributed by atoms with Gasteiger partial charge in [0.05, 0.1) is 0 Å². The molecule has 2 rings (SSSR count). The van der Waals surface area contributed by atoms with E-state index in [-0.39, 0.29) is 5.91 Å². The van der Waals surface area contributed by atoms with Crippen molar-refractivity contribution in [2.24, 2.45) is 16.9 Å². The predicted molar refractivity (Wildman–Crippen MR) is 46.7 cm³/mol. The van der Waals surface area contributed by atoms with Gasteiger partial charge in [0.25, 0.3) is 0 Å². The maximum atomic E-state index is 10.6. The summed E-state index contributed by atoms with van der Waals surface area (Å²) in [4.78, 5) is 10.6. The second-order valence-corrected chi connectivity index (χ2v) is 3.75. The van der Waals surface area contributed by atoms with Crippen molar-refractivity contribution in [3.63, 3.8) is 0 Å². The lowest BCUT2D eigenvalue weighted by Gasteiger charge is -2.01. The number of carbonyl (C=O) groups excluding carboxylic acids is 1. The molecule has 12 heavy (non-hydrogen) atoms. The number of hydrazone groups is 1. The van der Waals surface area contributed by atoms with Gasteiger partial charge in [0.15, 0.2) is 0 Å². The molecule has 1 amide bonds. The van der Waals surface area contributed by atoms with Crippen LogP contribution in [0.5, 0.6) is 0 Å². The Morgan fingerprint density at radius 1 is 1.25 bits per heavy atom. The first-order valence-corrected chi connectivity index (χ1v) is 4.61. The first-order valence-electron chi connectivity index (χ1n) is 4.61. The molecular formula is C9H14N2O. The lowest BCUT2D eigenvalue weighted by atomic mass is 10.2. The van der Waals surface area contributed by atoms with Crippen LogP contribution in [0.25, 0.3) is 0 Å². The van der Waals surface area contributed by atoms with Crippen molar-refractivity contribution in [3.8, 4) is 0 Å². The molecule has 3 nitrogen and oxygen atoms in total. The maximum absolute atomic E-state index is 10.6. The third kappa shape index (κ3) is 1.84. The van der Waals surface area contributed by atoms with Gasteiger partial charge in [0.1, 0.15) is 0 Å². The Kier molecular flexibility index (Phi) is 1.87. The van der Waals surface area contributed by atoms with Gasteiger partial charge in [-0.05, 0) is 37.5 Å². The van der Waals surface area contributed by atoms with E-state index >= 15 is 0 Å². The Balaban J connectivity index is 1.94. The number of hydrogen-bond acceptors (Lipinski definition) is 2. The fraction of sp³-hybridized carbons (Fsp3) is 0.778. The van der Waals surface area contributed by atoms with Gasteiger partial charge in [-0.2, -0.15) is 5.10 Å². The van der Waals surface area contributed by atoms with Crippen molar-refractivity contribution in [1.82, 2.24) is 5.43 Å². The summed E-state index contributed by atoms with van der Waals surface area (Å²) in [6, 6.07) is 0. The highest BCUT2D eigenvalue weighted by Gasteiger charge is 2.38. The lowest BCUT2D eigenvalue weighted by Crippen LogP contribution is -2.17. The van der Waals surface area contributed by atoms with Gasteiger partial charge in [-0.25, -0.2) is 5.43 Å². The molecular weight excluding hydrogens is 152 g/mol. The fourth-order valence-electron chi connectivity index (χ4n) is 1.42. The molecule has 0 spiro atoms. The summed E-state index contributed by atoms with van der Waals surface area (Å²) in [6.45, 7) is 1.50. The molecule has 0 aromatic heterocycles. The number of nitrogens with one attached hydrogen (secondary N) is 1. The largest absolute Gasteiger partial charge is 0.274 e. The smallest absolute Gasteiger partial charge is 0.236 e. The Bertz CT molecular complexity index is 213. The zero-order valence-corrected chi connectivity index (χ0v) is 7.34. The number of carbonyl (C=O) groups is 1. The van der Waals surface area contributed by atoms with Gasteiger partial charge in [0, 0.05) is 12.6 Å². The molecule has 0 bridgehead atoms. The summed E-state index contributed by atoms with van der Waals surface area (Å²) in [7, 11) is 0. The van der Waals surface area contributed by atoms with Crippen LogP contribution in [-0.2, 0) is 4.79 Å². The zero-order chi connectivity index (χ0) is 8.55. The van der Waals surface area contributed by atoms with Gasteiger partial charge in [-0.3, -0.25) is 4.79 Å². The van der Waals surface area contributed by atoms with E-state index in [9.17, 15) is 4.79 Å². The Labute approximate surface area is 72.2 Å². The number of hydrogen-bond donors (Lipinski definition) is 1. The van der Waals surface area contributed by atoms with Crippen LogP contribution in [0.3, 0.4) is 0 Å². The van der Waals surface area contributed by atoms with Crippen LogP contribution >= 0.6 is 0 Å². The van der Waals surface area contributed by atoms with Crippen LogP contribution < -0.4 is 5.43 Å². The van der Waals surface area contributed by atoms with E-state index in [0.29, 0.717) is 11.8 Å². The Morgan fingerprint density at radius 2 is 1.75 bits per heavy atom. The minimum Gasteiger partial charge on any atom is -0.274 e. The van der Waals surface area contributed by atoms with Crippen molar-refractivity contribution in [2.45, 2.75) is 32.6 Å². The van der Waals surface area contributed by atoms with Gasteiger partial charge in [-0.15, -0.1) is 0 Å². The number of rotatable bonds is 3. The van der Waals surface area contributed by atoms with Crippen molar-refractivity contribution in [1.29, 1.82) is 0 Å². The van der Waals surface area contributed by atoms with Crippen molar-refractivity contribution in [2.75, 3.05) is 0 Å². The van der Waals surface area contributed by atoms with Crippen LogP contribution in [0, 0.1) is 11.8 Å². The third-order valence-electron chi connectivity index (χ3n) is 2.33. The van der Waals surface area contributed by atoms with E-state index in [4.69, 9.17) is 0 Å². The Morgan fingerprint density at radius 3 is 2.08 bits per heavy atom. The molecule has 3 heteroatoms. The first kappa shape index (κ1) is 7.77. The average molecular weight is 166 g/mol. The predicted octanol–water partition coefficient (Wildman–Crippen LogP) is 1.30. The first-order chi connectivity index (χ1) is 5.77. The molecule has 0 aliphatic heterocycles. The van der Waals surface area contributed by atoms with Crippen LogP contribution in [-0.4, -0.2) is 11.6 Å². The van der Waals surface area contributed by atoms with Crippen LogP contribution in [0.1, 0.15) is 32.6 Å². The van der Waals surface area contributed by atoms with Crippen LogP contribution in [0.15, 0.2) is 5.10 Å². The monoisotopic (exact) mass is 166 g/mol. The summed E-state index contributed by atoms with van der Waals surface area (Å²) in [5.74, 6) is 1.34. The highest BCUT2D eigenvalue weighted by Crippen LogP contribution is 2.41. The van der Waals surface area contributed by atoms with Crippen LogP contribution in [0.4, 0.5) is 0 Å². The molecule has 2 aliphatic rings. The number of nitrogens with zero attached hydrogens (tertiary/aromatic N) is 1. The quantitative estimate of drug-likeness (QED) is 0.498. The molecule has 0 aromatic rings. The van der Waals surface area contributed by atoms with E-state index in [0.717, 1.165) is 0 Å². The summed E-state index contributed by atoms with van der Waals surface area (Å²) in [6.07, 6.45) is 5.09. The Hall–Kier alpha value is -0.860. The summed E-state index contributed by atoms with van der Waals surface area (Å²) < 4.78 is 0. The molecule has 66 valence electrons. The highest BCUT2D eigenvalue weighted by molar-refractivity contribution is 5.93. The van der Waals surface area contributed by atoms with Crippen LogP contribution in [0.2, 0.25) is 0 Å². The average Bonchev–Trinajstić information content (AvgIpc) is 2.83. The lowest BCUT2D eigenvalue weighted by molar-refractivity contribution is -0.118. The molecule has 2 aliphatic carbocycles. The van der Waals surface area contributed by atoms with Crippen molar-refractivity contribution in [3.05, 3.63) is 0 Å². The molecule has 0 saturated heterocycles. The van der Waals surface area contributed by atoms with E-state index in [1.165, 1.54) is 38.3 Å². The zero-order valence-electron chi connectivity index (χ0n) is 7.34. The molecule has 0 unspecified atom stereocenters. The van der Waals surface area contributed by atoms with Crippen molar-refractivity contribution < 1.29 is 4.79 Å². The van der Waals surface area contributed by atoms with Gasteiger partial charge in [-0.1, -0.05) is 0 Å². The normalized spacial score (nSPS) is 21.8. The van der Waals surface area contributed by atoms with E-state index in [2.05, 4.69) is 10.5 Å². The van der Waals surface area contributed by atoms with Crippen molar-refractivity contribution >= 4 is 11.6 Å². The molecule has 0 heterocycles. The molecule has 2 fully saturated rings. The second kappa shape index (κ2) is 2.88. The topological polar surface area (TPSA) is 41.5 Å². The molecule has 0 radical (unpaired) electrons. The highest BCUT2D eigenvalue weighted by atomic mass is 16.2. The minimum atomic E-state index is -0.0613. The summed E-state index contributed by atoms with van der Waals surface area (Å²) in [5.41, 5.74) is 3.79. The van der Waals surface area contributed by atoms with Gasteiger partial charge >= 0.3 is 0 Å². The molecule has 2 saturated carbocycles. The summed E-state index contributed by atoms with van der Waals surface area (Å²) in [5, 5.41) is 4.16. The summed E-state index contributed by atoms with van der Waals surface area (Å²) >= 11 is 0. The fourth-order valence-corrected chi connectivity index (χ4v) is 1.42. The second-order valence-electron chi connectivity index (χ2n) is 3.75.